The third kappa shape index (κ3) is 3.95. The highest BCUT2D eigenvalue weighted by Gasteiger charge is 2.08. The number of aromatic nitrogens is 2. The van der Waals surface area contributed by atoms with Crippen molar-refractivity contribution in [3.05, 3.63) is 71.5 Å². The van der Waals surface area contributed by atoms with E-state index in [1.54, 1.807) is 37.4 Å². The van der Waals surface area contributed by atoms with E-state index in [9.17, 15) is 9.18 Å². The molecule has 2 aromatic heterocycles. The molecule has 24 heavy (non-hydrogen) atoms. The van der Waals surface area contributed by atoms with E-state index in [1.807, 2.05) is 0 Å². The van der Waals surface area contributed by atoms with E-state index in [-0.39, 0.29) is 11.7 Å². The van der Waals surface area contributed by atoms with Crippen molar-refractivity contribution >= 4 is 17.4 Å². The highest BCUT2D eigenvalue weighted by molar-refractivity contribution is 5.94. The molecule has 0 radical (unpaired) electrons. The number of hydrogen-bond donors (Lipinski definition) is 2. The number of rotatable bonds is 5. The average molecular weight is 326 g/mol. The first-order valence-corrected chi connectivity index (χ1v) is 7.28. The van der Waals surface area contributed by atoms with Gasteiger partial charge >= 0.3 is 0 Å². The van der Waals surface area contributed by atoms with Gasteiger partial charge in [-0.15, -0.1) is 0 Å². The summed E-state index contributed by atoms with van der Waals surface area (Å²) in [5, 5.41) is 9.60. The molecular weight excluding hydrogens is 311 g/mol. The Morgan fingerprint density at radius 1 is 1.21 bits per heavy atom. The fourth-order valence-electron chi connectivity index (χ4n) is 2.09. The summed E-state index contributed by atoms with van der Waals surface area (Å²) in [4.78, 5) is 16.3. The Morgan fingerprint density at radius 3 is 2.71 bits per heavy atom. The van der Waals surface area contributed by atoms with Crippen molar-refractivity contribution < 1.29 is 13.7 Å². The number of halogens is 1. The standard InChI is InChI=1S/C17H15FN4O2/c1-11-6-16(22-24-11)21-15-7-13(9-19-10-15)17(23)20-8-12-2-4-14(18)5-3-12/h2-7,9-10H,8H2,1H3,(H,20,23)(H,21,22). The molecule has 0 fully saturated rings. The molecular formula is C17H15FN4O2. The summed E-state index contributed by atoms with van der Waals surface area (Å²) in [6.45, 7) is 2.09. The smallest absolute Gasteiger partial charge is 0.253 e. The molecule has 7 heteroatoms. The number of amides is 1. The summed E-state index contributed by atoms with van der Waals surface area (Å²) < 4.78 is 17.8. The van der Waals surface area contributed by atoms with Crippen molar-refractivity contribution in [2.75, 3.05) is 5.32 Å². The highest BCUT2D eigenvalue weighted by Crippen LogP contribution is 2.16. The lowest BCUT2D eigenvalue weighted by Crippen LogP contribution is -2.23. The van der Waals surface area contributed by atoms with Crippen LogP contribution in [0.5, 0.6) is 0 Å². The lowest BCUT2D eigenvalue weighted by atomic mass is 10.2. The Labute approximate surface area is 137 Å². The molecule has 0 saturated carbocycles. The fraction of sp³-hybridized carbons (Fsp3) is 0.118. The Morgan fingerprint density at radius 2 is 2.00 bits per heavy atom. The monoisotopic (exact) mass is 326 g/mol. The maximum Gasteiger partial charge on any atom is 0.253 e. The maximum atomic E-state index is 12.9. The minimum atomic E-state index is -0.309. The molecule has 6 nitrogen and oxygen atoms in total. The van der Waals surface area contributed by atoms with Gasteiger partial charge in [-0.05, 0) is 30.7 Å². The number of benzene rings is 1. The van der Waals surface area contributed by atoms with Gasteiger partial charge in [-0.2, -0.15) is 0 Å². The van der Waals surface area contributed by atoms with E-state index in [2.05, 4.69) is 20.8 Å². The minimum absolute atomic E-state index is 0.271. The molecule has 3 aromatic rings. The molecule has 2 N–H and O–H groups in total. The zero-order chi connectivity index (χ0) is 16.9. The molecule has 0 aliphatic carbocycles. The van der Waals surface area contributed by atoms with Gasteiger partial charge in [0.15, 0.2) is 5.82 Å². The first-order chi connectivity index (χ1) is 11.6. The summed E-state index contributed by atoms with van der Waals surface area (Å²) in [6, 6.07) is 9.36. The molecule has 0 bridgehead atoms. The Kier molecular flexibility index (Phi) is 4.51. The van der Waals surface area contributed by atoms with E-state index < -0.39 is 0 Å². The van der Waals surface area contributed by atoms with Crippen LogP contribution >= 0.6 is 0 Å². The quantitative estimate of drug-likeness (QED) is 0.752. The lowest BCUT2D eigenvalue weighted by molar-refractivity contribution is 0.0950. The highest BCUT2D eigenvalue weighted by atomic mass is 19.1. The number of aryl methyl sites for hydroxylation is 1. The van der Waals surface area contributed by atoms with Crippen LogP contribution in [-0.4, -0.2) is 16.0 Å². The number of pyridine rings is 1. The maximum absolute atomic E-state index is 12.9. The van der Waals surface area contributed by atoms with Crippen molar-refractivity contribution in [3.8, 4) is 0 Å². The molecule has 1 aromatic carbocycles. The number of anilines is 2. The first-order valence-electron chi connectivity index (χ1n) is 7.28. The van der Waals surface area contributed by atoms with Crippen LogP contribution in [0.1, 0.15) is 21.7 Å². The first kappa shape index (κ1) is 15.7. The minimum Gasteiger partial charge on any atom is -0.360 e. The molecule has 2 heterocycles. The summed E-state index contributed by atoms with van der Waals surface area (Å²) in [5.74, 6) is 0.639. The van der Waals surface area contributed by atoms with Gasteiger partial charge in [0.05, 0.1) is 17.4 Å². The van der Waals surface area contributed by atoms with E-state index in [4.69, 9.17) is 4.52 Å². The lowest BCUT2D eigenvalue weighted by Gasteiger charge is -2.07. The summed E-state index contributed by atoms with van der Waals surface area (Å²) in [7, 11) is 0. The topological polar surface area (TPSA) is 80.0 Å². The van der Waals surface area contributed by atoms with Crippen LogP contribution in [-0.2, 0) is 6.54 Å². The van der Waals surface area contributed by atoms with Crippen LogP contribution in [0.2, 0.25) is 0 Å². The van der Waals surface area contributed by atoms with Crippen molar-refractivity contribution in [3.63, 3.8) is 0 Å². The van der Waals surface area contributed by atoms with Crippen molar-refractivity contribution in [2.45, 2.75) is 13.5 Å². The summed E-state index contributed by atoms with van der Waals surface area (Å²) >= 11 is 0. The van der Waals surface area contributed by atoms with Gasteiger partial charge in [0.2, 0.25) is 0 Å². The number of carbonyl (C=O) groups excluding carboxylic acids is 1. The normalized spacial score (nSPS) is 10.4. The molecule has 0 aliphatic heterocycles. The molecule has 0 spiro atoms. The van der Waals surface area contributed by atoms with E-state index in [0.717, 1.165) is 5.56 Å². The van der Waals surface area contributed by atoms with Crippen LogP contribution in [0, 0.1) is 12.7 Å². The SMILES string of the molecule is Cc1cc(Nc2cncc(C(=O)NCc3ccc(F)cc3)c2)no1. The Hall–Kier alpha value is -3.22. The second-order valence-corrected chi connectivity index (χ2v) is 5.22. The molecule has 122 valence electrons. The van der Waals surface area contributed by atoms with Crippen molar-refractivity contribution in [2.24, 2.45) is 0 Å². The summed E-state index contributed by atoms with van der Waals surface area (Å²) in [6.07, 6.45) is 3.06. The van der Waals surface area contributed by atoms with Crippen LogP contribution in [0.15, 0.2) is 53.3 Å². The second-order valence-electron chi connectivity index (χ2n) is 5.22. The zero-order valence-corrected chi connectivity index (χ0v) is 12.9. The molecule has 0 atom stereocenters. The Bertz CT molecular complexity index is 846. The van der Waals surface area contributed by atoms with Crippen molar-refractivity contribution in [1.29, 1.82) is 0 Å². The average Bonchev–Trinajstić information content (AvgIpc) is 2.99. The Balaban J connectivity index is 1.64. The molecule has 3 rings (SSSR count). The van der Waals surface area contributed by atoms with Gasteiger partial charge in [0.1, 0.15) is 11.6 Å². The van der Waals surface area contributed by atoms with Crippen LogP contribution in [0.4, 0.5) is 15.9 Å². The van der Waals surface area contributed by atoms with Crippen molar-refractivity contribution in [1.82, 2.24) is 15.5 Å². The molecule has 0 aliphatic rings. The van der Waals surface area contributed by atoms with Gasteiger partial charge in [-0.3, -0.25) is 9.78 Å². The predicted octanol–water partition coefficient (Wildman–Crippen LogP) is 3.19. The van der Waals surface area contributed by atoms with Gasteiger partial charge in [0, 0.05) is 18.8 Å². The van der Waals surface area contributed by atoms with Gasteiger partial charge in [-0.1, -0.05) is 17.3 Å². The third-order valence-corrected chi connectivity index (χ3v) is 3.27. The van der Waals surface area contributed by atoms with E-state index >= 15 is 0 Å². The number of carbonyl (C=O) groups is 1. The number of nitrogens with one attached hydrogen (secondary N) is 2. The van der Waals surface area contributed by atoms with Crippen LogP contribution in [0.3, 0.4) is 0 Å². The third-order valence-electron chi connectivity index (χ3n) is 3.27. The van der Waals surface area contributed by atoms with E-state index in [0.29, 0.717) is 29.4 Å². The number of hydrogen-bond acceptors (Lipinski definition) is 5. The molecule has 0 saturated heterocycles. The van der Waals surface area contributed by atoms with Crippen LogP contribution in [0.25, 0.3) is 0 Å². The predicted molar refractivity (Wildman–Crippen MR) is 86.3 cm³/mol. The van der Waals surface area contributed by atoms with Gasteiger partial charge < -0.3 is 15.2 Å². The fourth-order valence-corrected chi connectivity index (χ4v) is 2.09. The molecule has 1 amide bonds. The largest absolute Gasteiger partial charge is 0.360 e. The zero-order valence-electron chi connectivity index (χ0n) is 12.9. The van der Waals surface area contributed by atoms with Crippen LogP contribution < -0.4 is 10.6 Å². The second kappa shape index (κ2) is 6.91. The molecule has 0 unspecified atom stereocenters. The van der Waals surface area contributed by atoms with Gasteiger partial charge in [-0.25, -0.2) is 4.39 Å². The van der Waals surface area contributed by atoms with Gasteiger partial charge in [0.25, 0.3) is 5.91 Å². The van der Waals surface area contributed by atoms with E-state index in [1.165, 1.54) is 18.3 Å². The number of nitrogens with zero attached hydrogens (tertiary/aromatic N) is 2. The summed E-state index contributed by atoms with van der Waals surface area (Å²) in [5.41, 5.74) is 1.84.